The molecule has 2 rings (SSSR count). The molecule has 70 valence electrons. The largest absolute Gasteiger partial charge is 0.368 e. The van der Waals surface area contributed by atoms with Gasteiger partial charge in [0.2, 0.25) is 0 Å². The molecule has 12 heavy (non-hydrogen) atoms. The van der Waals surface area contributed by atoms with E-state index < -0.39 is 6.29 Å². The van der Waals surface area contributed by atoms with E-state index in [1.165, 1.54) is 12.8 Å². The molecule has 0 aromatic heterocycles. The van der Waals surface area contributed by atoms with Gasteiger partial charge in [-0.05, 0) is 24.7 Å². The van der Waals surface area contributed by atoms with Crippen LogP contribution in [-0.4, -0.2) is 17.5 Å². The van der Waals surface area contributed by atoms with Crippen molar-refractivity contribution in [1.29, 1.82) is 0 Å². The molecular weight excluding hydrogens is 152 g/mol. The maximum atomic E-state index is 9.49. The fourth-order valence-electron chi connectivity index (χ4n) is 2.62. The van der Waals surface area contributed by atoms with Crippen molar-refractivity contribution in [3.63, 3.8) is 0 Å². The molecule has 1 aliphatic heterocycles. The Morgan fingerprint density at radius 2 is 2.00 bits per heavy atom. The third-order valence-electron chi connectivity index (χ3n) is 3.54. The van der Waals surface area contributed by atoms with Crippen LogP contribution < -0.4 is 0 Å². The maximum Gasteiger partial charge on any atom is 0.157 e. The van der Waals surface area contributed by atoms with E-state index in [2.05, 4.69) is 13.8 Å². The lowest BCUT2D eigenvalue weighted by Crippen LogP contribution is -2.27. The highest BCUT2D eigenvalue weighted by Gasteiger charge is 2.43. The summed E-state index contributed by atoms with van der Waals surface area (Å²) >= 11 is 0. The first-order valence-corrected chi connectivity index (χ1v) is 5.02. The van der Waals surface area contributed by atoms with Crippen molar-refractivity contribution in [1.82, 2.24) is 0 Å². The minimum atomic E-state index is -0.495. The Kier molecular flexibility index (Phi) is 2.13. The second kappa shape index (κ2) is 3.00. The molecule has 0 bridgehead atoms. The standard InChI is InChI=1S/C10H18O2/c1-6-3-4-8-7(2)10(11)12-9(8)5-6/h6-11H,3-5H2,1-2H3/t6-,7-,8+,9+,10?/m1/s1. The molecule has 0 amide bonds. The predicted molar refractivity (Wildman–Crippen MR) is 46.5 cm³/mol. The second-order valence-corrected chi connectivity index (χ2v) is 4.51. The normalized spacial score (nSPS) is 53.8. The first-order valence-electron chi connectivity index (χ1n) is 5.02. The molecule has 2 nitrogen and oxygen atoms in total. The van der Waals surface area contributed by atoms with Gasteiger partial charge in [0.05, 0.1) is 6.10 Å². The number of hydrogen-bond acceptors (Lipinski definition) is 2. The summed E-state index contributed by atoms with van der Waals surface area (Å²) in [5.74, 6) is 1.75. The van der Waals surface area contributed by atoms with Crippen LogP contribution in [0.2, 0.25) is 0 Å². The number of fused-ring (bicyclic) bond motifs is 1. The summed E-state index contributed by atoms with van der Waals surface area (Å²) in [6, 6.07) is 0. The predicted octanol–water partition coefficient (Wildman–Crippen LogP) is 1.78. The van der Waals surface area contributed by atoms with Crippen molar-refractivity contribution in [2.75, 3.05) is 0 Å². The van der Waals surface area contributed by atoms with Gasteiger partial charge in [-0.25, -0.2) is 0 Å². The molecule has 0 aromatic rings. The van der Waals surface area contributed by atoms with Crippen molar-refractivity contribution in [3.05, 3.63) is 0 Å². The van der Waals surface area contributed by atoms with E-state index in [1.807, 2.05) is 0 Å². The van der Waals surface area contributed by atoms with E-state index in [0.717, 1.165) is 12.3 Å². The van der Waals surface area contributed by atoms with E-state index in [9.17, 15) is 5.11 Å². The van der Waals surface area contributed by atoms with Crippen LogP contribution >= 0.6 is 0 Å². The van der Waals surface area contributed by atoms with Gasteiger partial charge in [0.15, 0.2) is 6.29 Å². The van der Waals surface area contributed by atoms with Crippen LogP contribution in [0.4, 0.5) is 0 Å². The SMILES string of the molecule is C[C@@H]1CC[C@@H]2[C@H](C1)OC(O)[C@@H]2C. The Bertz CT molecular complexity index is 167. The molecule has 0 radical (unpaired) electrons. The minimum Gasteiger partial charge on any atom is -0.368 e. The summed E-state index contributed by atoms with van der Waals surface area (Å²) in [5, 5.41) is 9.49. The molecule has 1 aliphatic carbocycles. The Morgan fingerprint density at radius 1 is 1.25 bits per heavy atom. The second-order valence-electron chi connectivity index (χ2n) is 4.51. The van der Waals surface area contributed by atoms with Crippen LogP contribution in [0.1, 0.15) is 33.1 Å². The summed E-state index contributed by atoms with van der Waals surface area (Å²) in [4.78, 5) is 0. The summed E-state index contributed by atoms with van der Waals surface area (Å²) in [6.07, 6.45) is 3.54. The minimum absolute atomic E-state index is 0.346. The number of aliphatic hydroxyl groups is 1. The molecule has 1 saturated heterocycles. The molecule has 0 spiro atoms. The molecule has 1 N–H and O–H groups in total. The van der Waals surface area contributed by atoms with Gasteiger partial charge in [-0.2, -0.15) is 0 Å². The van der Waals surface area contributed by atoms with E-state index in [0.29, 0.717) is 17.9 Å². The highest BCUT2D eigenvalue weighted by atomic mass is 16.6. The van der Waals surface area contributed by atoms with Gasteiger partial charge < -0.3 is 9.84 Å². The molecule has 1 saturated carbocycles. The fourth-order valence-corrected chi connectivity index (χ4v) is 2.62. The van der Waals surface area contributed by atoms with Gasteiger partial charge >= 0.3 is 0 Å². The average Bonchev–Trinajstić information content (AvgIpc) is 2.28. The van der Waals surface area contributed by atoms with E-state index >= 15 is 0 Å². The van der Waals surface area contributed by atoms with Crippen LogP contribution in [0.25, 0.3) is 0 Å². The molecule has 2 fully saturated rings. The zero-order chi connectivity index (χ0) is 8.72. The number of rotatable bonds is 0. The molecule has 2 heteroatoms. The summed E-state index contributed by atoms with van der Waals surface area (Å²) < 4.78 is 5.50. The smallest absolute Gasteiger partial charge is 0.157 e. The third kappa shape index (κ3) is 1.27. The number of aliphatic hydroxyl groups excluding tert-OH is 1. The first kappa shape index (κ1) is 8.52. The van der Waals surface area contributed by atoms with Crippen molar-refractivity contribution in [2.45, 2.75) is 45.5 Å². The molecule has 0 aromatic carbocycles. The fraction of sp³-hybridized carbons (Fsp3) is 1.00. The number of ether oxygens (including phenoxy) is 1. The van der Waals surface area contributed by atoms with Crippen LogP contribution in [0.3, 0.4) is 0 Å². The van der Waals surface area contributed by atoms with Crippen molar-refractivity contribution in [3.8, 4) is 0 Å². The van der Waals surface area contributed by atoms with Gasteiger partial charge in [-0.15, -0.1) is 0 Å². The lowest BCUT2D eigenvalue weighted by Gasteiger charge is -2.29. The van der Waals surface area contributed by atoms with Gasteiger partial charge in [-0.1, -0.05) is 20.3 Å². The summed E-state index contributed by atoms with van der Waals surface area (Å²) in [5.41, 5.74) is 0. The van der Waals surface area contributed by atoms with E-state index in [1.54, 1.807) is 0 Å². The Morgan fingerprint density at radius 3 is 2.75 bits per heavy atom. The monoisotopic (exact) mass is 170 g/mol. The van der Waals surface area contributed by atoms with Crippen LogP contribution in [0, 0.1) is 17.8 Å². The molecular formula is C10H18O2. The lowest BCUT2D eigenvalue weighted by atomic mass is 9.77. The van der Waals surface area contributed by atoms with Crippen molar-refractivity contribution < 1.29 is 9.84 Å². The zero-order valence-electron chi connectivity index (χ0n) is 7.86. The van der Waals surface area contributed by atoms with Gasteiger partial charge in [0.25, 0.3) is 0 Å². The van der Waals surface area contributed by atoms with Gasteiger partial charge in [-0.3, -0.25) is 0 Å². The Balaban J connectivity index is 2.04. The van der Waals surface area contributed by atoms with Crippen molar-refractivity contribution in [2.24, 2.45) is 17.8 Å². The highest BCUT2D eigenvalue weighted by Crippen LogP contribution is 2.42. The van der Waals surface area contributed by atoms with E-state index in [-0.39, 0.29) is 0 Å². The maximum absolute atomic E-state index is 9.49. The van der Waals surface area contributed by atoms with Crippen LogP contribution in [-0.2, 0) is 4.74 Å². The van der Waals surface area contributed by atoms with Gasteiger partial charge in [0, 0.05) is 5.92 Å². The van der Waals surface area contributed by atoms with Crippen LogP contribution in [0.15, 0.2) is 0 Å². The van der Waals surface area contributed by atoms with Crippen LogP contribution in [0.5, 0.6) is 0 Å². The topological polar surface area (TPSA) is 29.5 Å². The molecule has 1 unspecified atom stereocenters. The zero-order valence-corrected chi connectivity index (χ0v) is 7.86. The quantitative estimate of drug-likeness (QED) is 0.600. The Labute approximate surface area is 73.9 Å². The number of hydrogen-bond donors (Lipinski definition) is 1. The van der Waals surface area contributed by atoms with E-state index in [4.69, 9.17) is 4.74 Å². The third-order valence-corrected chi connectivity index (χ3v) is 3.54. The average molecular weight is 170 g/mol. The molecule has 1 heterocycles. The van der Waals surface area contributed by atoms with Crippen molar-refractivity contribution >= 4 is 0 Å². The Hall–Kier alpha value is -0.0800. The first-order chi connectivity index (χ1) is 5.68. The summed E-state index contributed by atoms with van der Waals surface area (Å²) in [7, 11) is 0. The molecule has 2 aliphatic rings. The highest BCUT2D eigenvalue weighted by molar-refractivity contribution is 4.88. The molecule has 5 atom stereocenters. The summed E-state index contributed by atoms with van der Waals surface area (Å²) in [6.45, 7) is 4.38. The van der Waals surface area contributed by atoms with Gasteiger partial charge in [0.1, 0.15) is 0 Å². The lowest BCUT2D eigenvalue weighted by molar-refractivity contribution is -0.111.